The van der Waals surface area contributed by atoms with Crippen LogP contribution in [0.15, 0.2) is 53.1 Å². The van der Waals surface area contributed by atoms with E-state index in [0.717, 1.165) is 11.1 Å². The number of nitrogens with zero attached hydrogens (tertiary/aromatic N) is 2. The first-order valence-electron chi connectivity index (χ1n) is 8.15. The fourth-order valence-corrected chi connectivity index (χ4v) is 2.22. The summed E-state index contributed by atoms with van der Waals surface area (Å²) in [6.07, 6.45) is 0.418. The lowest BCUT2D eigenvalue weighted by molar-refractivity contribution is -0.123. The third-order valence-corrected chi connectivity index (χ3v) is 3.62. The number of hydrogen-bond donors (Lipinski definition) is 1. The lowest BCUT2D eigenvalue weighted by atomic mass is 10.1. The normalized spacial score (nSPS) is 10.5. The highest BCUT2D eigenvalue weighted by Crippen LogP contribution is 2.16. The molecule has 1 N–H and O–H groups in total. The molecular formula is C19H18FN3O3. The maximum Gasteiger partial charge on any atom is 0.257 e. The van der Waals surface area contributed by atoms with Crippen LogP contribution in [0.25, 0.3) is 11.4 Å². The second-order valence-corrected chi connectivity index (χ2v) is 5.72. The average molecular weight is 355 g/mol. The van der Waals surface area contributed by atoms with E-state index >= 15 is 0 Å². The van der Waals surface area contributed by atoms with E-state index in [2.05, 4.69) is 15.5 Å². The Labute approximate surface area is 150 Å². The largest absolute Gasteiger partial charge is 0.484 e. The van der Waals surface area contributed by atoms with Crippen molar-refractivity contribution in [3.05, 3.63) is 65.8 Å². The lowest BCUT2D eigenvalue weighted by Gasteiger charge is -2.06. The third kappa shape index (κ3) is 4.89. The van der Waals surface area contributed by atoms with Gasteiger partial charge in [0.1, 0.15) is 11.6 Å². The number of hydrogen-bond acceptors (Lipinski definition) is 5. The minimum absolute atomic E-state index is 0.149. The van der Waals surface area contributed by atoms with Gasteiger partial charge in [-0.3, -0.25) is 4.79 Å². The summed E-state index contributed by atoms with van der Waals surface area (Å²) in [6.45, 7) is 2.21. The molecule has 0 aliphatic heterocycles. The molecule has 0 spiro atoms. The molecular weight excluding hydrogens is 337 g/mol. The Balaban J connectivity index is 1.42. The Bertz CT molecular complexity index is 860. The first-order chi connectivity index (χ1) is 12.6. The molecule has 1 aromatic heterocycles. The number of amides is 1. The van der Waals surface area contributed by atoms with E-state index in [1.165, 1.54) is 24.3 Å². The van der Waals surface area contributed by atoms with Crippen LogP contribution >= 0.6 is 0 Å². The molecule has 3 aromatic rings. The molecule has 2 aromatic carbocycles. The highest BCUT2D eigenvalue weighted by molar-refractivity contribution is 5.77. The van der Waals surface area contributed by atoms with Gasteiger partial charge in [0, 0.05) is 18.5 Å². The van der Waals surface area contributed by atoms with Gasteiger partial charge in [-0.2, -0.15) is 4.98 Å². The van der Waals surface area contributed by atoms with Crippen LogP contribution < -0.4 is 10.1 Å². The summed E-state index contributed by atoms with van der Waals surface area (Å²) in [5.74, 6) is 0.756. The van der Waals surface area contributed by atoms with E-state index in [1.54, 1.807) is 0 Å². The van der Waals surface area contributed by atoms with E-state index in [0.29, 0.717) is 30.4 Å². The standard InChI is InChI=1S/C19H18FN3O3/c1-13-2-4-14(5-3-13)19-22-18(26-23-19)10-11-21-17(24)12-25-16-8-6-15(20)7-9-16/h2-9H,10-12H2,1H3,(H,21,24). The molecule has 3 rings (SSSR count). The van der Waals surface area contributed by atoms with Crippen molar-refractivity contribution in [1.29, 1.82) is 0 Å². The number of carbonyl (C=O) groups excluding carboxylic acids is 1. The molecule has 7 heteroatoms. The van der Waals surface area contributed by atoms with E-state index in [-0.39, 0.29) is 18.3 Å². The zero-order valence-corrected chi connectivity index (χ0v) is 14.2. The van der Waals surface area contributed by atoms with Crippen LogP contribution in [0.3, 0.4) is 0 Å². The molecule has 1 heterocycles. The predicted molar refractivity (Wildman–Crippen MR) is 93.1 cm³/mol. The Morgan fingerprint density at radius 3 is 2.62 bits per heavy atom. The van der Waals surface area contributed by atoms with Crippen LogP contribution in [0.1, 0.15) is 11.5 Å². The van der Waals surface area contributed by atoms with Crippen molar-refractivity contribution < 1.29 is 18.4 Å². The number of aromatic nitrogens is 2. The van der Waals surface area contributed by atoms with Crippen molar-refractivity contribution in [2.75, 3.05) is 13.2 Å². The zero-order chi connectivity index (χ0) is 18.4. The maximum absolute atomic E-state index is 12.8. The van der Waals surface area contributed by atoms with Gasteiger partial charge in [0.25, 0.3) is 5.91 Å². The van der Waals surface area contributed by atoms with Gasteiger partial charge in [-0.1, -0.05) is 35.0 Å². The van der Waals surface area contributed by atoms with E-state index in [9.17, 15) is 9.18 Å². The van der Waals surface area contributed by atoms with Crippen molar-refractivity contribution in [3.8, 4) is 17.1 Å². The fourth-order valence-electron chi connectivity index (χ4n) is 2.22. The van der Waals surface area contributed by atoms with Crippen LogP contribution in [0.2, 0.25) is 0 Å². The monoisotopic (exact) mass is 355 g/mol. The maximum atomic E-state index is 12.8. The Hall–Kier alpha value is -3.22. The van der Waals surface area contributed by atoms with Gasteiger partial charge in [-0.15, -0.1) is 0 Å². The SMILES string of the molecule is Cc1ccc(-c2noc(CCNC(=O)COc3ccc(F)cc3)n2)cc1. The first-order valence-corrected chi connectivity index (χ1v) is 8.15. The molecule has 0 radical (unpaired) electrons. The van der Waals surface area contributed by atoms with E-state index < -0.39 is 0 Å². The summed E-state index contributed by atoms with van der Waals surface area (Å²) in [5.41, 5.74) is 2.03. The number of ether oxygens (including phenoxy) is 1. The summed E-state index contributed by atoms with van der Waals surface area (Å²) < 4.78 is 23.2. The fraction of sp³-hybridized carbons (Fsp3) is 0.211. The van der Waals surface area contributed by atoms with Crippen molar-refractivity contribution in [2.45, 2.75) is 13.3 Å². The lowest BCUT2D eigenvalue weighted by Crippen LogP contribution is -2.30. The van der Waals surface area contributed by atoms with Gasteiger partial charge < -0.3 is 14.6 Å². The first kappa shape index (κ1) is 17.6. The number of aryl methyl sites for hydroxylation is 1. The number of rotatable bonds is 7. The van der Waals surface area contributed by atoms with Crippen LogP contribution in [0.5, 0.6) is 5.75 Å². The molecule has 6 nitrogen and oxygen atoms in total. The second-order valence-electron chi connectivity index (χ2n) is 5.72. The van der Waals surface area contributed by atoms with Crippen LogP contribution in [0.4, 0.5) is 4.39 Å². The summed E-state index contributed by atoms with van der Waals surface area (Å²) in [6, 6.07) is 13.3. The van der Waals surface area contributed by atoms with Crippen molar-refractivity contribution >= 4 is 5.91 Å². The summed E-state index contributed by atoms with van der Waals surface area (Å²) in [5, 5.41) is 6.65. The van der Waals surface area contributed by atoms with Crippen molar-refractivity contribution in [1.82, 2.24) is 15.5 Å². The Morgan fingerprint density at radius 1 is 1.15 bits per heavy atom. The molecule has 134 valence electrons. The number of benzene rings is 2. The molecule has 0 saturated carbocycles. The van der Waals surface area contributed by atoms with Gasteiger partial charge in [0.05, 0.1) is 0 Å². The molecule has 0 aliphatic carbocycles. The topological polar surface area (TPSA) is 77.2 Å². The molecule has 0 saturated heterocycles. The highest BCUT2D eigenvalue weighted by atomic mass is 19.1. The Kier molecular flexibility index (Phi) is 5.58. The van der Waals surface area contributed by atoms with Crippen LogP contribution in [-0.2, 0) is 11.2 Å². The quantitative estimate of drug-likeness (QED) is 0.705. The number of halogens is 1. The molecule has 0 unspecified atom stereocenters. The second kappa shape index (κ2) is 8.24. The van der Waals surface area contributed by atoms with Gasteiger partial charge in [0.15, 0.2) is 6.61 Å². The third-order valence-electron chi connectivity index (χ3n) is 3.62. The Morgan fingerprint density at radius 2 is 1.88 bits per heavy atom. The minimum atomic E-state index is -0.355. The van der Waals surface area contributed by atoms with E-state index in [1.807, 2.05) is 31.2 Å². The van der Waals surface area contributed by atoms with Gasteiger partial charge in [0.2, 0.25) is 11.7 Å². The molecule has 1 amide bonds. The van der Waals surface area contributed by atoms with Crippen molar-refractivity contribution in [2.24, 2.45) is 0 Å². The van der Waals surface area contributed by atoms with Crippen LogP contribution in [0, 0.1) is 12.7 Å². The zero-order valence-electron chi connectivity index (χ0n) is 14.2. The summed E-state index contributed by atoms with van der Waals surface area (Å²) in [7, 11) is 0. The number of nitrogens with one attached hydrogen (secondary N) is 1. The van der Waals surface area contributed by atoms with Gasteiger partial charge >= 0.3 is 0 Å². The minimum Gasteiger partial charge on any atom is -0.484 e. The molecule has 0 bridgehead atoms. The molecule has 0 atom stereocenters. The van der Waals surface area contributed by atoms with Gasteiger partial charge in [-0.05, 0) is 31.2 Å². The van der Waals surface area contributed by atoms with Crippen molar-refractivity contribution in [3.63, 3.8) is 0 Å². The summed E-state index contributed by atoms with van der Waals surface area (Å²) >= 11 is 0. The number of carbonyl (C=O) groups is 1. The van der Waals surface area contributed by atoms with E-state index in [4.69, 9.17) is 9.26 Å². The highest BCUT2D eigenvalue weighted by Gasteiger charge is 2.09. The molecule has 0 fully saturated rings. The summed E-state index contributed by atoms with van der Waals surface area (Å²) in [4.78, 5) is 16.1. The molecule has 26 heavy (non-hydrogen) atoms. The van der Waals surface area contributed by atoms with Crippen LogP contribution in [-0.4, -0.2) is 29.2 Å². The van der Waals surface area contributed by atoms with Gasteiger partial charge in [-0.25, -0.2) is 4.39 Å². The average Bonchev–Trinajstić information content (AvgIpc) is 3.11. The molecule has 0 aliphatic rings. The predicted octanol–water partition coefficient (Wildman–Crippen LogP) is 2.92. The smallest absolute Gasteiger partial charge is 0.257 e.